The molecular formula is C13H21N3O2. The van der Waals surface area contributed by atoms with Gasteiger partial charge in [-0.3, -0.25) is 9.78 Å². The summed E-state index contributed by atoms with van der Waals surface area (Å²) >= 11 is 0. The number of aromatic nitrogens is 1. The van der Waals surface area contributed by atoms with E-state index < -0.39 is 6.10 Å². The Hall–Kier alpha value is -1.46. The summed E-state index contributed by atoms with van der Waals surface area (Å²) in [6.45, 7) is 4.62. The van der Waals surface area contributed by atoms with Crippen LogP contribution in [0.3, 0.4) is 0 Å². The molecule has 0 aliphatic rings. The second kappa shape index (κ2) is 7.08. The maximum atomic E-state index is 11.8. The fraction of sp³-hybridized carbons (Fsp3) is 0.538. The molecule has 0 fully saturated rings. The quantitative estimate of drug-likeness (QED) is 0.693. The second-order valence-electron chi connectivity index (χ2n) is 4.73. The summed E-state index contributed by atoms with van der Waals surface area (Å²) in [7, 11) is 0. The zero-order chi connectivity index (χ0) is 13.5. The maximum Gasteiger partial charge on any atom is 0.251 e. The number of rotatable bonds is 6. The highest BCUT2D eigenvalue weighted by Gasteiger charge is 2.10. The number of hydrogen-bond acceptors (Lipinski definition) is 4. The van der Waals surface area contributed by atoms with Crippen LogP contribution in [0, 0.1) is 5.92 Å². The zero-order valence-corrected chi connectivity index (χ0v) is 10.9. The third-order valence-electron chi connectivity index (χ3n) is 2.53. The van der Waals surface area contributed by atoms with Gasteiger partial charge in [-0.1, -0.05) is 13.8 Å². The summed E-state index contributed by atoms with van der Waals surface area (Å²) < 4.78 is 0. The minimum Gasteiger partial charge on any atom is -0.391 e. The Labute approximate surface area is 107 Å². The Morgan fingerprint density at radius 1 is 1.56 bits per heavy atom. The van der Waals surface area contributed by atoms with E-state index in [4.69, 9.17) is 5.73 Å². The third kappa shape index (κ3) is 4.81. The molecule has 1 aromatic heterocycles. The average molecular weight is 251 g/mol. The van der Waals surface area contributed by atoms with E-state index in [9.17, 15) is 9.90 Å². The molecule has 0 saturated heterocycles. The van der Waals surface area contributed by atoms with Gasteiger partial charge in [0.15, 0.2) is 0 Å². The minimum atomic E-state index is -0.509. The lowest BCUT2D eigenvalue weighted by molar-refractivity contribution is 0.0900. The summed E-state index contributed by atoms with van der Waals surface area (Å²) in [5, 5.41) is 12.4. The van der Waals surface area contributed by atoms with Crippen molar-refractivity contribution in [2.75, 3.05) is 6.54 Å². The number of nitrogens with one attached hydrogen (secondary N) is 1. The van der Waals surface area contributed by atoms with Gasteiger partial charge in [-0.2, -0.15) is 0 Å². The number of carbonyl (C=O) groups excluding carboxylic acids is 1. The lowest BCUT2D eigenvalue weighted by Crippen LogP contribution is -2.32. The van der Waals surface area contributed by atoms with E-state index in [0.29, 0.717) is 30.1 Å². The molecule has 1 amide bonds. The molecule has 0 aromatic carbocycles. The first kappa shape index (κ1) is 14.6. The van der Waals surface area contributed by atoms with Gasteiger partial charge in [-0.25, -0.2) is 0 Å². The fourth-order valence-corrected chi connectivity index (χ4v) is 1.67. The lowest BCUT2D eigenvalue weighted by atomic mass is 10.1. The highest BCUT2D eigenvalue weighted by molar-refractivity contribution is 5.94. The number of hydrogen-bond donors (Lipinski definition) is 3. The number of nitrogens with two attached hydrogens (primary N) is 1. The van der Waals surface area contributed by atoms with Crippen molar-refractivity contribution in [2.45, 2.75) is 32.9 Å². The van der Waals surface area contributed by atoms with Crippen LogP contribution >= 0.6 is 0 Å². The maximum absolute atomic E-state index is 11.8. The zero-order valence-electron chi connectivity index (χ0n) is 10.9. The molecule has 0 bridgehead atoms. The van der Waals surface area contributed by atoms with Crippen LogP contribution in [0.2, 0.25) is 0 Å². The first-order valence-electron chi connectivity index (χ1n) is 6.14. The predicted octanol–water partition coefficient (Wildman–Crippen LogP) is 0.677. The Morgan fingerprint density at radius 2 is 2.28 bits per heavy atom. The predicted molar refractivity (Wildman–Crippen MR) is 69.9 cm³/mol. The Balaban J connectivity index is 2.49. The highest BCUT2D eigenvalue weighted by Crippen LogP contribution is 2.04. The van der Waals surface area contributed by atoms with Gasteiger partial charge in [0.1, 0.15) is 0 Å². The standard InChI is InChI=1S/C13H21N3O2/c1-9(2)5-12(17)8-16-13(18)10-3-4-15-11(6-10)7-14/h3-4,6,9,12,17H,5,7-8,14H2,1-2H3,(H,16,18). The smallest absolute Gasteiger partial charge is 0.251 e. The van der Waals surface area contributed by atoms with E-state index in [2.05, 4.69) is 10.3 Å². The van der Waals surface area contributed by atoms with Crippen LogP contribution in [0.4, 0.5) is 0 Å². The van der Waals surface area contributed by atoms with Crippen molar-refractivity contribution in [3.05, 3.63) is 29.6 Å². The molecule has 100 valence electrons. The monoisotopic (exact) mass is 251 g/mol. The number of aliphatic hydroxyl groups is 1. The summed E-state index contributed by atoms with van der Waals surface area (Å²) in [5.41, 5.74) is 6.65. The Bertz CT molecular complexity index is 394. The molecule has 0 saturated carbocycles. The summed E-state index contributed by atoms with van der Waals surface area (Å²) in [6.07, 6.45) is 1.72. The molecule has 0 radical (unpaired) electrons. The molecule has 1 rings (SSSR count). The van der Waals surface area contributed by atoms with Crippen molar-refractivity contribution in [3.8, 4) is 0 Å². The largest absolute Gasteiger partial charge is 0.391 e. The number of nitrogens with zero attached hydrogens (tertiary/aromatic N) is 1. The molecule has 5 nitrogen and oxygen atoms in total. The highest BCUT2D eigenvalue weighted by atomic mass is 16.3. The van der Waals surface area contributed by atoms with Gasteiger partial charge in [0, 0.05) is 24.8 Å². The molecule has 1 unspecified atom stereocenters. The van der Waals surface area contributed by atoms with Crippen molar-refractivity contribution < 1.29 is 9.90 Å². The van der Waals surface area contributed by atoms with E-state index in [0.717, 1.165) is 0 Å². The van der Waals surface area contributed by atoms with Crippen LogP contribution in [-0.4, -0.2) is 28.6 Å². The molecular weight excluding hydrogens is 230 g/mol. The molecule has 18 heavy (non-hydrogen) atoms. The van der Waals surface area contributed by atoms with E-state index in [1.54, 1.807) is 18.3 Å². The van der Waals surface area contributed by atoms with Crippen molar-refractivity contribution in [1.29, 1.82) is 0 Å². The normalized spacial score (nSPS) is 12.5. The molecule has 5 heteroatoms. The molecule has 1 aromatic rings. The average Bonchev–Trinajstić information content (AvgIpc) is 2.35. The van der Waals surface area contributed by atoms with Crippen LogP contribution in [0.5, 0.6) is 0 Å². The summed E-state index contributed by atoms with van der Waals surface area (Å²) in [5.74, 6) is 0.191. The van der Waals surface area contributed by atoms with Gasteiger partial charge >= 0.3 is 0 Å². The molecule has 1 atom stereocenters. The van der Waals surface area contributed by atoms with Gasteiger partial charge in [-0.05, 0) is 24.5 Å². The van der Waals surface area contributed by atoms with Gasteiger partial charge in [0.25, 0.3) is 5.91 Å². The molecule has 0 aliphatic heterocycles. The van der Waals surface area contributed by atoms with Crippen LogP contribution in [0.15, 0.2) is 18.3 Å². The topological polar surface area (TPSA) is 88.2 Å². The third-order valence-corrected chi connectivity index (χ3v) is 2.53. The van der Waals surface area contributed by atoms with Crippen LogP contribution < -0.4 is 11.1 Å². The van der Waals surface area contributed by atoms with Crippen LogP contribution in [0.25, 0.3) is 0 Å². The Morgan fingerprint density at radius 3 is 2.89 bits per heavy atom. The van der Waals surface area contributed by atoms with Crippen molar-refractivity contribution >= 4 is 5.91 Å². The second-order valence-corrected chi connectivity index (χ2v) is 4.73. The lowest BCUT2D eigenvalue weighted by Gasteiger charge is -2.13. The van der Waals surface area contributed by atoms with E-state index in [-0.39, 0.29) is 12.5 Å². The van der Waals surface area contributed by atoms with Crippen molar-refractivity contribution in [1.82, 2.24) is 10.3 Å². The van der Waals surface area contributed by atoms with Gasteiger partial charge in [0.2, 0.25) is 0 Å². The van der Waals surface area contributed by atoms with Gasteiger partial charge in [0.05, 0.1) is 11.8 Å². The molecule has 0 aliphatic carbocycles. The molecule has 0 spiro atoms. The number of aliphatic hydroxyl groups excluding tert-OH is 1. The van der Waals surface area contributed by atoms with Crippen molar-refractivity contribution in [3.63, 3.8) is 0 Å². The first-order valence-corrected chi connectivity index (χ1v) is 6.14. The first-order chi connectivity index (χ1) is 8.52. The summed E-state index contributed by atoms with van der Waals surface area (Å²) in [4.78, 5) is 15.8. The van der Waals surface area contributed by atoms with E-state index in [1.807, 2.05) is 13.8 Å². The fourth-order valence-electron chi connectivity index (χ4n) is 1.67. The number of amides is 1. The molecule has 1 heterocycles. The minimum absolute atomic E-state index is 0.213. The van der Waals surface area contributed by atoms with Crippen molar-refractivity contribution in [2.24, 2.45) is 11.7 Å². The van der Waals surface area contributed by atoms with Gasteiger partial charge < -0.3 is 16.2 Å². The SMILES string of the molecule is CC(C)CC(O)CNC(=O)c1ccnc(CN)c1. The molecule has 4 N–H and O–H groups in total. The number of carbonyl (C=O) groups is 1. The van der Waals surface area contributed by atoms with Crippen LogP contribution in [-0.2, 0) is 6.54 Å². The van der Waals surface area contributed by atoms with E-state index >= 15 is 0 Å². The Kier molecular flexibility index (Phi) is 5.74. The number of pyridine rings is 1. The van der Waals surface area contributed by atoms with E-state index in [1.165, 1.54) is 0 Å². The summed E-state index contributed by atoms with van der Waals surface area (Å²) in [6, 6.07) is 3.29. The van der Waals surface area contributed by atoms with Gasteiger partial charge in [-0.15, -0.1) is 0 Å². The van der Waals surface area contributed by atoms with Crippen LogP contribution in [0.1, 0.15) is 36.3 Å².